The van der Waals surface area contributed by atoms with Gasteiger partial charge in [-0.3, -0.25) is 4.99 Å². The van der Waals surface area contributed by atoms with Gasteiger partial charge in [-0.25, -0.2) is 0 Å². The minimum Gasteiger partial charge on any atom is -0.382 e. The van der Waals surface area contributed by atoms with Crippen LogP contribution in [-0.2, 0) is 11.3 Å². The van der Waals surface area contributed by atoms with E-state index < -0.39 is 0 Å². The Kier molecular flexibility index (Phi) is 10.1. The summed E-state index contributed by atoms with van der Waals surface area (Å²) in [5, 5.41) is 4.17. The van der Waals surface area contributed by atoms with Crippen LogP contribution in [0.1, 0.15) is 38.7 Å². The second-order valence-electron chi connectivity index (χ2n) is 6.60. The van der Waals surface area contributed by atoms with Gasteiger partial charge in [-0.05, 0) is 56.2 Å². The predicted molar refractivity (Wildman–Crippen MR) is 117 cm³/mol. The molecule has 4 nitrogen and oxygen atoms in total. The van der Waals surface area contributed by atoms with E-state index in [1.54, 1.807) is 0 Å². The Morgan fingerprint density at radius 1 is 1.28 bits per heavy atom. The first-order valence-electron chi connectivity index (χ1n) is 8.90. The molecule has 142 valence electrons. The fourth-order valence-corrected chi connectivity index (χ4v) is 2.87. The average molecular weight is 480 g/mol. The van der Waals surface area contributed by atoms with Crippen molar-refractivity contribution in [3.05, 3.63) is 34.9 Å². The summed E-state index contributed by atoms with van der Waals surface area (Å²) in [4.78, 5) is 7.06. The van der Waals surface area contributed by atoms with Crippen molar-refractivity contribution >= 4 is 41.5 Å². The highest BCUT2D eigenvalue weighted by molar-refractivity contribution is 14.0. The van der Waals surface area contributed by atoms with E-state index in [0.717, 1.165) is 50.3 Å². The Morgan fingerprint density at radius 3 is 2.52 bits per heavy atom. The van der Waals surface area contributed by atoms with Crippen LogP contribution in [0.5, 0.6) is 0 Å². The Labute approximate surface area is 174 Å². The number of ether oxygens (including phenoxy) is 1. The van der Waals surface area contributed by atoms with Crippen LogP contribution in [0.25, 0.3) is 0 Å². The van der Waals surface area contributed by atoms with E-state index in [-0.39, 0.29) is 24.0 Å². The number of nitrogens with one attached hydrogen (secondary N) is 1. The Bertz CT molecular complexity index is 532. The van der Waals surface area contributed by atoms with Crippen molar-refractivity contribution in [1.29, 1.82) is 0 Å². The lowest BCUT2D eigenvalue weighted by Gasteiger charge is -2.23. The van der Waals surface area contributed by atoms with Gasteiger partial charge in [-0.1, -0.05) is 23.7 Å². The first-order valence-corrected chi connectivity index (χ1v) is 9.28. The molecule has 1 fully saturated rings. The maximum Gasteiger partial charge on any atom is 0.193 e. The van der Waals surface area contributed by atoms with Crippen LogP contribution in [-0.4, -0.2) is 44.2 Å². The lowest BCUT2D eigenvalue weighted by Crippen LogP contribution is -2.39. The topological polar surface area (TPSA) is 36.9 Å². The molecule has 0 unspecified atom stereocenters. The van der Waals surface area contributed by atoms with Crippen LogP contribution in [0, 0.1) is 5.41 Å². The lowest BCUT2D eigenvalue weighted by molar-refractivity contribution is 0.129. The van der Waals surface area contributed by atoms with Crippen LogP contribution in [0.4, 0.5) is 0 Å². The maximum absolute atomic E-state index is 5.96. The third kappa shape index (κ3) is 7.71. The van der Waals surface area contributed by atoms with Crippen molar-refractivity contribution in [3.8, 4) is 0 Å². The van der Waals surface area contributed by atoms with E-state index in [0.29, 0.717) is 5.41 Å². The van der Waals surface area contributed by atoms with Crippen LogP contribution in [0.2, 0.25) is 5.02 Å². The minimum absolute atomic E-state index is 0. The number of hydrogen-bond donors (Lipinski definition) is 1. The van der Waals surface area contributed by atoms with Gasteiger partial charge in [0.25, 0.3) is 0 Å². The molecule has 1 aromatic carbocycles. The molecule has 1 aromatic rings. The average Bonchev–Trinajstić information content (AvgIpc) is 3.34. The van der Waals surface area contributed by atoms with E-state index >= 15 is 0 Å². The molecular weight excluding hydrogens is 449 g/mol. The maximum atomic E-state index is 5.96. The van der Waals surface area contributed by atoms with Gasteiger partial charge in [0.1, 0.15) is 0 Å². The van der Waals surface area contributed by atoms with Gasteiger partial charge in [0.2, 0.25) is 0 Å². The summed E-state index contributed by atoms with van der Waals surface area (Å²) in [7, 11) is 2.08. The Hall–Kier alpha value is -0.530. The van der Waals surface area contributed by atoms with E-state index in [9.17, 15) is 0 Å². The van der Waals surface area contributed by atoms with E-state index in [4.69, 9.17) is 21.3 Å². The fourth-order valence-electron chi connectivity index (χ4n) is 2.75. The SMILES string of the molecule is CCNC(=NCC1(CCOCC)CC1)N(C)Cc1ccc(Cl)cc1.I. The molecule has 2 rings (SSSR count). The first-order chi connectivity index (χ1) is 11.6. The summed E-state index contributed by atoms with van der Waals surface area (Å²) in [6.45, 7) is 8.37. The Balaban J connectivity index is 0.00000312. The zero-order valence-electron chi connectivity index (χ0n) is 15.6. The molecule has 0 radical (unpaired) electrons. The molecule has 0 saturated heterocycles. The van der Waals surface area contributed by atoms with Gasteiger partial charge in [0.15, 0.2) is 5.96 Å². The van der Waals surface area contributed by atoms with Crippen molar-refractivity contribution in [3.63, 3.8) is 0 Å². The van der Waals surface area contributed by atoms with E-state index in [2.05, 4.69) is 36.3 Å². The quantitative estimate of drug-likeness (QED) is 0.244. The van der Waals surface area contributed by atoms with Gasteiger partial charge in [0, 0.05) is 44.9 Å². The molecule has 0 spiro atoms. The highest BCUT2D eigenvalue weighted by Crippen LogP contribution is 2.49. The molecule has 0 atom stereocenters. The lowest BCUT2D eigenvalue weighted by atomic mass is 10.0. The molecule has 0 aromatic heterocycles. The van der Waals surface area contributed by atoms with Crippen molar-refractivity contribution < 1.29 is 4.74 Å². The van der Waals surface area contributed by atoms with Gasteiger partial charge in [0.05, 0.1) is 0 Å². The number of hydrogen-bond acceptors (Lipinski definition) is 2. The van der Waals surface area contributed by atoms with Crippen LogP contribution in [0.15, 0.2) is 29.3 Å². The normalized spacial score (nSPS) is 15.4. The molecule has 0 amide bonds. The molecule has 0 heterocycles. The van der Waals surface area contributed by atoms with E-state index in [1.807, 2.05) is 19.1 Å². The molecule has 0 aliphatic heterocycles. The smallest absolute Gasteiger partial charge is 0.193 e. The summed E-state index contributed by atoms with van der Waals surface area (Å²) < 4.78 is 5.51. The van der Waals surface area contributed by atoms with Crippen LogP contribution in [0.3, 0.4) is 0 Å². The highest BCUT2D eigenvalue weighted by Gasteiger charge is 2.42. The number of guanidine groups is 1. The summed E-state index contributed by atoms with van der Waals surface area (Å²) >= 11 is 5.96. The van der Waals surface area contributed by atoms with Crippen LogP contribution < -0.4 is 5.32 Å². The zero-order chi connectivity index (χ0) is 17.4. The fraction of sp³-hybridized carbons (Fsp3) is 0.632. The van der Waals surface area contributed by atoms with Gasteiger partial charge >= 0.3 is 0 Å². The Morgan fingerprint density at radius 2 is 1.96 bits per heavy atom. The number of benzene rings is 1. The second kappa shape index (κ2) is 11.2. The van der Waals surface area contributed by atoms with Gasteiger partial charge in [-0.15, -0.1) is 24.0 Å². The second-order valence-corrected chi connectivity index (χ2v) is 7.04. The van der Waals surface area contributed by atoms with Crippen LogP contribution >= 0.6 is 35.6 Å². The molecule has 1 aliphatic carbocycles. The molecule has 1 saturated carbocycles. The van der Waals surface area contributed by atoms with Crippen molar-refractivity contribution in [2.24, 2.45) is 10.4 Å². The largest absolute Gasteiger partial charge is 0.382 e. The number of halogens is 2. The predicted octanol–water partition coefficient (Wildman–Crippen LogP) is 4.56. The minimum atomic E-state index is 0. The first kappa shape index (κ1) is 22.5. The third-order valence-corrected chi connectivity index (χ3v) is 4.78. The zero-order valence-corrected chi connectivity index (χ0v) is 18.6. The standard InChI is InChI=1S/C19H30ClN3O.HI/c1-4-21-18(22-15-19(10-11-19)12-13-24-5-2)23(3)14-16-6-8-17(20)9-7-16;/h6-9H,4-5,10-15H2,1-3H3,(H,21,22);1H. The highest BCUT2D eigenvalue weighted by atomic mass is 127. The van der Waals surface area contributed by atoms with Gasteiger partial charge in [-0.2, -0.15) is 0 Å². The molecular formula is C19H31ClIN3O. The molecule has 6 heteroatoms. The van der Waals surface area contributed by atoms with E-state index in [1.165, 1.54) is 18.4 Å². The summed E-state index contributed by atoms with van der Waals surface area (Å²) in [6, 6.07) is 7.99. The third-order valence-electron chi connectivity index (χ3n) is 4.53. The molecule has 1 aliphatic rings. The summed E-state index contributed by atoms with van der Waals surface area (Å²) in [6.07, 6.45) is 3.65. The number of rotatable bonds is 9. The molecule has 0 bridgehead atoms. The summed E-state index contributed by atoms with van der Waals surface area (Å²) in [5.41, 5.74) is 1.60. The van der Waals surface area contributed by atoms with Crippen molar-refractivity contribution in [2.45, 2.75) is 39.7 Å². The monoisotopic (exact) mass is 479 g/mol. The number of nitrogens with zero attached hydrogens (tertiary/aromatic N) is 2. The summed E-state index contributed by atoms with van der Waals surface area (Å²) in [5.74, 6) is 0.968. The number of aliphatic imine (C=N–C) groups is 1. The molecule has 25 heavy (non-hydrogen) atoms. The van der Waals surface area contributed by atoms with Crippen molar-refractivity contribution in [2.75, 3.05) is 33.4 Å². The van der Waals surface area contributed by atoms with Gasteiger partial charge < -0.3 is 15.0 Å². The van der Waals surface area contributed by atoms with Crippen molar-refractivity contribution in [1.82, 2.24) is 10.2 Å². The molecule has 1 N–H and O–H groups in total.